The summed E-state index contributed by atoms with van der Waals surface area (Å²) in [7, 11) is -3.41. The minimum Gasteiger partial charge on any atom is -0.305 e. The zero-order valence-corrected chi connectivity index (χ0v) is 12.5. The van der Waals surface area contributed by atoms with E-state index in [0.29, 0.717) is 4.68 Å². The number of pyridine rings is 1. The lowest BCUT2D eigenvalue weighted by Gasteiger charge is -2.05. The Balaban J connectivity index is 2.07. The fourth-order valence-electron chi connectivity index (χ4n) is 1.61. The van der Waals surface area contributed by atoms with Gasteiger partial charge in [0.25, 0.3) is 5.91 Å². The van der Waals surface area contributed by atoms with Gasteiger partial charge in [0, 0.05) is 18.6 Å². The van der Waals surface area contributed by atoms with E-state index in [-0.39, 0.29) is 16.4 Å². The molecule has 0 unspecified atom stereocenters. The van der Waals surface area contributed by atoms with Crippen LogP contribution in [0, 0.1) is 0 Å². The molecule has 2 aromatic heterocycles. The standard InChI is InChI=1S/C12H11F3N4O3S/c1-23(21,22)8-2-3-10(16-6-8)17-11(20)9-4-5-19(18-9)7-12(13,14)15/h2-6H,7H2,1H3,(H,16,17,20). The highest BCUT2D eigenvalue weighted by Crippen LogP contribution is 2.17. The molecule has 0 aromatic carbocycles. The van der Waals surface area contributed by atoms with Crippen LogP contribution < -0.4 is 5.32 Å². The monoisotopic (exact) mass is 348 g/mol. The summed E-state index contributed by atoms with van der Waals surface area (Å²) in [6.07, 6.45) is -1.34. The number of sulfone groups is 1. The van der Waals surface area contributed by atoms with Crippen LogP contribution in [-0.2, 0) is 16.4 Å². The summed E-state index contributed by atoms with van der Waals surface area (Å²) < 4.78 is 59.8. The van der Waals surface area contributed by atoms with Gasteiger partial charge in [-0.2, -0.15) is 18.3 Å². The van der Waals surface area contributed by atoms with Crippen LogP contribution in [0.5, 0.6) is 0 Å². The molecule has 1 amide bonds. The summed E-state index contributed by atoms with van der Waals surface area (Å²) in [5.41, 5.74) is -0.219. The van der Waals surface area contributed by atoms with Gasteiger partial charge in [0.2, 0.25) is 0 Å². The largest absolute Gasteiger partial charge is 0.408 e. The second kappa shape index (κ2) is 5.99. The van der Waals surface area contributed by atoms with E-state index in [1.54, 1.807) is 0 Å². The van der Waals surface area contributed by atoms with Gasteiger partial charge in [0.05, 0.1) is 4.90 Å². The molecule has 2 aromatic rings. The number of aromatic nitrogens is 3. The Bertz CT molecular complexity index is 813. The number of carbonyl (C=O) groups excluding carboxylic acids is 1. The number of carbonyl (C=O) groups is 1. The van der Waals surface area contributed by atoms with Crippen LogP contribution in [0.4, 0.5) is 19.0 Å². The fraction of sp³-hybridized carbons (Fsp3) is 0.250. The maximum Gasteiger partial charge on any atom is 0.408 e. The first-order valence-electron chi connectivity index (χ1n) is 6.12. The van der Waals surface area contributed by atoms with Gasteiger partial charge in [-0.05, 0) is 18.2 Å². The van der Waals surface area contributed by atoms with Crippen LogP contribution in [0.1, 0.15) is 10.5 Å². The Hall–Kier alpha value is -2.43. The van der Waals surface area contributed by atoms with Crippen molar-refractivity contribution in [3.05, 3.63) is 36.3 Å². The van der Waals surface area contributed by atoms with E-state index in [1.807, 2.05) is 0 Å². The van der Waals surface area contributed by atoms with E-state index in [9.17, 15) is 26.4 Å². The molecular weight excluding hydrogens is 337 g/mol. The second-order valence-electron chi connectivity index (χ2n) is 4.62. The summed E-state index contributed by atoms with van der Waals surface area (Å²) in [6.45, 7) is -1.30. The van der Waals surface area contributed by atoms with Crippen molar-refractivity contribution in [2.75, 3.05) is 11.6 Å². The zero-order valence-electron chi connectivity index (χ0n) is 11.7. The third-order valence-corrected chi connectivity index (χ3v) is 3.72. The molecule has 0 aliphatic heterocycles. The second-order valence-corrected chi connectivity index (χ2v) is 6.63. The number of alkyl halides is 3. The van der Waals surface area contributed by atoms with Crippen molar-refractivity contribution < 1.29 is 26.4 Å². The molecule has 0 aliphatic carbocycles. The number of rotatable bonds is 4. The molecule has 0 spiro atoms. The molecular formula is C12H11F3N4O3S. The van der Waals surface area contributed by atoms with Crippen LogP contribution in [0.2, 0.25) is 0 Å². The highest BCUT2D eigenvalue weighted by Gasteiger charge is 2.28. The normalized spacial score (nSPS) is 12.2. The molecule has 0 bridgehead atoms. The molecule has 0 fully saturated rings. The number of nitrogens with one attached hydrogen (secondary N) is 1. The van der Waals surface area contributed by atoms with Crippen molar-refractivity contribution in [1.82, 2.24) is 14.8 Å². The van der Waals surface area contributed by atoms with E-state index in [0.717, 1.165) is 24.7 Å². The Morgan fingerprint density at radius 2 is 2.00 bits per heavy atom. The van der Waals surface area contributed by atoms with Crippen molar-refractivity contribution in [2.24, 2.45) is 0 Å². The van der Waals surface area contributed by atoms with Crippen LogP contribution >= 0.6 is 0 Å². The van der Waals surface area contributed by atoms with Gasteiger partial charge in [0.1, 0.15) is 12.4 Å². The van der Waals surface area contributed by atoms with E-state index in [2.05, 4.69) is 15.4 Å². The number of hydrogen-bond acceptors (Lipinski definition) is 5. The van der Waals surface area contributed by atoms with Crippen LogP contribution in [0.25, 0.3) is 0 Å². The summed E-state index contributed by atoms with van der Waals surface area (Å²) >= 11 is 0. The van der Waals surface area contributed by atoms with Gasteiger partial charge in [-0.1, -0.05) is 0 Å². The average molecular weight is 348 g/mol. The van der Waals surface area contributed by atoms with E-state index in [1.165, 1.54) is 12.1 Å². The summed E-state index contributed by atoms with van der Waals surface area (Å²) in [4.78, 5) is 15.6. The predicted molar refractivity (Wildman–Crippen MR) is 73.6 cm³/mol. The minimum atomic E-state index is -4.44. The molecule has 7 nitrogen and oxygen atoms in total. The number of amides is 1. The average Bonchev–Trinajstić information content (AvgIpc) is 2.84. The van der Waals surface area contributed by atoms with Crippen molar-refractivity contribution in [2.45, 2.75) is 17.6 Å². The highest BCUT2D eigenvalue weighted by molar-refractivity contribution is 7.90. The number of nitrogens with zero attached hydrogens (tertiary/aromatic N) is 3. The van der Waals surface area contributed by atoms with Gasteiger partial charge in [-0.25, -0.2) is 13.4 Å². The lowest BCUT2D eigenvalue weighted by molar-refractivity contribution is -0.142. The van der Waals surface area contributed by atoms with E-state index < -0.39 is 28.5 Å². The molecule has 0 saturated heterocycles. The molecule has 1 N–H and O–H groups in total. The molecule has 0 saturated carbocycles. The molecule has 0 aliphatic rings. The Morgan fingerprint density at radius 3 is 2.52 bits per heavy atom. The zero-order chi connectivity index (χ0) is 17.3. The van der Waals surface area contributed by atoms with E-state index >= 15 is 0 Å². The van der Waals surface area contributed by atoms with Gasteiger partial charge in [0.15, 0.2) is 15.5 Å². The SMILES string of the molecule is CS(=O)(=O)c1ccc(NC(=O)c2ccn(CC(F)(F)F)n2)nc1. The van der Waals surface area contributed by atoms with Crippen LogP contribution in [0.15, 0.2) is 35.5 Å². The lowest BCUT2D eigenvalue weighted by atomic mass is 10.4. The van der Waals surface area contributed by atoms with E-state index in [4.69, 9.17) is 0 Å². The minimum absolute atomic E-state index is 0.0232. The Labute approximate surface area is 129 Å². The third kappa shape index (κ3) is 4.77. The lowest BCUT2D eigenvalue weighted by Crippen LogP contribution is -2.19. The molecule has 2 rings (SSSR count). The summed E-state index contributed by atoms with van der Waals surface area (Å²) in [6, 6.07) is 3.65. The molecule has 0 atom stereocenters. The van der Waals surface area contributed by atoms with Crippen molar-refractivity contribution in [3.8, 4) is 0 Å². The molecule has 23 heavy (non-hydrogen) atoms. The van der Waals surface area contributed by atoms with Gasteiger partial charge in [-0.15, -0.1) is 0 Å². The summed E-state index contributed by atoms with van der Waals surface area (Å²) in [5.74, 6) is -0.710. The topological polar surface area (TPSA) is 94.0 Å². The number of anilines is 1. The van der Waals surface area contributed by atoms with Crippen LogP contribution in [0.3, 0.4) is 0 Å². The van der Waals surface area contributed by atoms with Crippen LogP contribution in [-0.4, -0.2) is 41.5 Å². The fourth-order valence-corrected chi connectivity index (χ4v) is 2.17. The molecule has 124 valence electrons. The molecule has 0 radical (unpaired) electrons. The smallest absolute Gasteiger partial charge is 0.305 e. The van der Waals surface area contributed by atoms with Crippen molar-refractivity contribution in [1.29, 1.82) is 0 Å². The maximum atomic E-state index is 12.2. The number of hydrogen-bond donors (Lipinski definition) is 1. The van der Waals surface area contributed by atoms with Gasteiger partial charge >= 0.3 is 6.18 Å². The molecule has 11 heteroatoms. The molecule has 2 heterocycles. The predicted octanol–water partition coefficient (Wildman–Crippen LogP) is 1.50. The number of halogens is 3. The van der Waals surface area contributed by atoms with Gasteiger partial charge < -0.3 is 5.32 Å². The highest BCUT2D eigenvalue weighted by atomic mass is 32.2. The first kappa shape index (κ1) is 16.9. The summed E-state index contributed by atoms with van der Waals surface area (Å²) in [5, 5.41) is 5.82. The van der Waals surface area contributed by atoms with Crippen molar-refractivity contribution >= 4 is 21.6 Å². The first-order valence-corrected chi connectivity index (χ1v) is 8.01. The Kier molecular flexibility index (Phi) is 4.41. The third-order valence-electron chi connectivity index (χ3n) is 2.62. The van der Waals surface area contributed by atoms with Crippen molar-refractivity contribution in [3.63, 3.8) is 0 Å². The quantitative estimate of drug-likeness (QED) is 0.904. The van der Waals surface area contributed by atoms with Gasteiger partial charge in [-0.3, -0.25) is 9.48 Å². The maximum absolute atomic E-state index is 12.2. The Morgan fingerprint density at radius 1 is 1.30 bits per heavy atom. The first-order chi connectivity index (χ1) is 10.5.